The molecule has 0 aliphatic carbocycles. The average Bonchev–Trinajstić information content (AvgIpc) is 2.46. The largest absolute Gasteiger partial charge is 0.494 e. The Morgan fingerprint density at radius 1 is 1.15 bits per heavy atom. The summed E-state index contributed by atoms with van der Waals surface area (Å²) in [4.78, 5) is 0. The molecule has 3 heteroatoms. The number of hydrogen-bond acceptors (Lipinski definition) is 3. The number of para-hydroxylation sites is 1. The van der Waals surface area contributed by atoms with Crippen LogP contribution in [0.2, 0.25) is 0 Å². The molecule has 0 bridgehead atoms. The number of rotatable bonds is 6. The van der Waals surface area contributed by atoms with E-state index in [1.54, 1.807) is 0 Å². The number of benzene rings is 2. The summed E-state index contributed by atoms with van der Waals surface area (Å²) in [5, 5.41) is 3.48. The van der Waals surface area contributed by atoms with Crippen LogP contribution in [-0.2, 0) is 0 Å². The van der Waals surface area contributed by atoms with Gasteiger partial charge < -0.3 is 15.8 Å². The van der Waals surface area contributed by atoms with Crippen LogP contribution in [0.3, 0.4) is 0 Å². The summed E-state index contributed by atoms with van der Waals surface area (Å²) in [6.45, 7) is 5.23. The van der Waals surface area contributed by atoms with Crippen LogP contribution in [0.15, 0.2) is 48.5 Å². The summed E-state index contributed by atoms with van der Waals surface area (Å²) in [6.07, 6.45) is 0. The first-order chi connectivity index (χ1) is 9.74. The topological polar surface area (TPSA) is 47.3 Å². The highest BCUT2D eigenvalue weighted by Gasteiger charge is 2.14. The maximum Gasteiger partial charge on any atom is 0.124 e. The monoisotopic (exact) mass is 270 g/mol. The molecule has 2 rings (SSSR count). The third kappa shape index (κ3) is 3.52. The molecule has 2 aromatic rings. The van der Waals surface area contributed by atoms with Gasteiger partial charge in [-0.25, -0.2) is 0 Å². The van der Waals surface area contributed by atoms with E-state index in [1.807, 2.05) is 31.2 Å². The molecule has 2 aromatic carbocycles. The Kier molecular flexibility index (Phi) is 5.02. The van der Waals surface area contributed by atoms with Crippen molar-refractivity contribution in [3.05, 3.63) is 59.7 Å². The molecule has 0 aromatic heterocycles. The molecule has 1 unspecified atom stereocenters. The van der Waals surface area contributed by atoms with Crippen LogP contribution in [0.25, 0.3) is 0 Å². The van der Waals surface area contributed by atoms with Crippen LogP contribution < -0.4 is 15.8 Å². The summed E-state index contributed by atoms with van der Waals surface area (Å²) in [6, 6.07) is 16.4. The molecule has 0 amide bonds. The second-order valence-electron chi connectivity index (χ2n) is 4.77. The van der Waals surface area contributed by atoms with Crippen molar-refractivity contribution in [1.82, 2.24) is 0 Å². The summed E-state index contributed by atoms with van der Waals surface area (Å²) in [5.74, 6) is 0.894. The predicted octanol–water partition coefficient (Wildman–Crippen LogP) is 3.51. The molecular weight excluding hydrogens is 248 g/mol. The van der Waals surface area contributed by atoms with Gasteiger partial charge in [0.15, 0.2) is 0 Å². The maximum absolute atomic E-state index is 5.94. The van der Waals surface area contributed by atoms with Crippen molar-refractivity contribution in [3.63, 3.8) is 0 Å². The first kappa shape index (κ1) is 14.4. The summed E-state index contributed by atoms with van der Waals surface area (Å²) < 4.78 is 5.69. The van der Waals surface area contributed by atoms with Gasteiger partial charge in [-0.2, -0.15) is 0 Å². The summed E-state index contributed by atoms with van der Waals surface area (Å²) in [7, 11) is 0. The molecule has 1 atom stereocenters. The average molecular weight is 270 g/mol. The molecule has 106 valence electrons. The normalized spacial score (nSPS) is 11.9. The highest BCUT2D eigenvalue weighted by atomic mass is 16.5. The van der Waals surface area contributed by atoms with Gasteiger partial charge in [-0.3, -0.25) is 0 Å². The van der Waals surface area contributed by atoms with Crippen molar-refractivity contribution in [3.8, 4) is 5.75 Å². The molecule has 0 aliphatic heterocycles. The molecule has 0 aliphatic rings. The molecule has 0 heterocycles. The van der Waals surface area contributed by atoms with E-state index in [9.17, 15) is 0 Å². The Labute approximate surface area is 120 Å². The van der Waals surface area contributed by atoms with Crippen molar-refractivity contribution in [1.29, 1.82) is 0 Å². The van der Waals surface area contributed by atoms with E-state index in [0.29, 0.717) is 13.2 Å². The van der Waals surface area contributed by atoms with Crippen LogP contribution in [-0.4, -0.2) is 13.2 Å². The minimum atomic E-state index is 0.0412. The first-order valence-corrected chi connectivity index (χ1v) is 6.99. The quantitative estimate of drug-likeness (QED) is 0.844. The predicted molar refractivity (Wildman–Crippen MR) is 84.2 cm³/mol. The van der Waals surface area contributed by atoms with E-state index in [0.717, 1.165) is 17.0 Å². The number of nitrogens with two attached hydrogens (primary N) is 1. The number of hydrogen-bond donors (Lipinski definition) is 2. The molecule has 3 N–H and O–H groups in total. The lowest BCUT2D eigenvalue weighted by molar-refractivity contribution is 0.335. The third-order valence-electron chi connectivity index (χ3n) is 3.19. The summed E-state index contributed by atoms with van der Waals surface area (Å²) >= 11 is 0. The standard InChI is InChI=1S/C17H22N2O/c1-3-20-17-10-5-4-9-15(17)16(12-18)19-14-8-6-7-13(2)11-14/h4-11,16,19H,3,12,18H2,1-2H3. The molecule has 20 heavy (non-hydrogen) atoms. The maximum atomic E-state index is 5.94. The van der Waals surface area contributed by atoms with Crippen molar-refractivity contribution >= 4 is 5.69 Å². The number of nitrogens with one attached hydrogen (secondary N) is 1. The van der Waals surface area contributed by atoms with Crippen molar-refractivity contribution in [2.45, 2.75) is 19.9 Å². The van der Waals surface area contributed by atoms with Crippen molar-refractivity contribution in [2.24, 2.45) is 5.73 Å². The molecule has 0 saturated heterocycles. The highest BCUT2D eigenvalue weighted by Crippen LogP contribution is 2.27. The zero-order valence-electron chi connectivity index (χ0n) is 12.1. The molecular formula is C17H22N2O. The SMILES string of the molecule is CCOc1ccccc1C(CN)Nc1cccc(C)c1. The van der Waals surface area contributed by atoms with Gasteiger partial charge in [0.25, 0.3) is 0 Å². The van der Waals surface area contributed by atoms with Crippen molar-refractivity contribution in [2.75, 3.05) is 18.5 Å². The van der Waals surface area contributed by atoms with Gasteiger partial charge in [0.2, 0.25) is 0 Å². The van der Waals surface area contributed by atoms with E-state index in [4.69, 9.17) is 10.5 Å². The molecule has 0 saturated carbocycles. The van der Waals surface area contributed by atoms with Gasteiger partial charge >= 0.3 is 0 Å². The second kappa shape index (κ2) is 6.96. The summed E-state index contributed by atoms with van der Waals surface area (Å²) in [5.41, 5.74) is 9.33. The van der Waals surface area contributed by atoms with Gasteiger partial charge in [-0.15, -0.1) is 0 Å². The van der Waals surface area contributed by atoms with Gasteiger partial charge in [0.1, 0.15) is 5.75 Å². The van der Waals surface area contributed by atoms with Gasteiger partial charge in [0.05, 0.1) is 12.6 Å². The van der Waals surface area contributed by atoms with E-state index in [-0.39, 0.29) is 6.04 Å². The van der Waals surface area contributed by atoms with E-state index < -0.39 is 0 Å². The Hall–Kier alpha value is -2.00. The van der Waals surface area contributed by atoms with Crippen LogP contribution >= 0.6 is 0 Å². The van der Waals surface area contributed by atoms with Gasteiger partial charge in [-0.1, -0.05) is 30.3 Å². The zero-order chi connectivity index (χ0) is 14.4. The highest BCUT2D eigenvalue weighted by molar-refractivity contribution is 5.49. The lowest BCUT2D eigenvalue weighted by Gasteiger charge is -2.21. The fourth-order valence-electron chi connectivity index (χ4n) is 2.26. The van der Waals surface area contributed by atoms with E-state index in [1.165, 1.54) is 5.56 Å². The lowest BCUT2D eigenvalue weighted by Crippen LogP contribution is -2.21. The van der Waals surface area contributed by atoms with Gasteiger partial charge in [0, 0.05) is 17.8 Å². The molecule has 0 radical (unpaired) electrons. The number of aryl methyl sites for hydroxylation is 1. The molecule has 3 nitrogen and oxygen atoms in total. The molecule has 0 fully saturated rings. The minimum absolute atomic E-state index is 0.0412. The fraction of sp³-hybridized carbons (Fsp3) is 0.294. The fourth-order valence-corrected chi connectivity index (χ4v) is 2.26. The lowest BCUT2D eigenvalue weighted by atomic mass is 10.0. The van der Waals surface area contributed by atoms with Crippen LogP contribution in [0.5, 0.6) is 5.75 Å². The van der Waals surface area contributed by atoms with E-state index in [2.05, 4.69) is 36.5 Å². The smallest absolute Gasteiger partial charge is 0.124 e. The van der Waals surface area contributed by atoms with Crippen molar-refractivity contribution < 1.29 is 4.74 Å². The number of ether oxygens (including phenoxy) is 1. The molecule has 0 spiro atoms. The Morgan fingerprint density at radius 2 is 1.95 bits per heavy atom. The number of anilines is 1. The minimum Gasteiger partial charge on any atom is -0.494 e. The van der Waals surface area contributed by atoms with Crippen LogP contribution in [0.4, 0.5) is 5.69 Å². The Morgan fingerprint density at radius 3 is 2.65 bits per heavy atom. The third-order valence-corrected chi connectivity index (χ3v) is 3.19. The first-order valence-electron chi connectivity index (χ1n) is 6.99. The Balaban J connectivity index is 2.24. The zero-order valence-corrected chi connectivity index (χ0v) is 12.1. The van der Waals surface area contributed by atoms with E-state index >= 15 is 0 Å². The Bertz CT molecular complexity index is 554. The second-order valence-corrected chi connectivity index (χ2v) is 4.77. The van der Waals surface area contributed by atoms with Crippen LogP contribution in [0, 0.1) is 6.92 Å². The van der Waals surface area contributed by atoms with Crippen LogP contribution in [0.1, 0.15) is 24.1 Å². The van der Waals surface area contributed by atoms with Gasteiger partial charge in [-0.05, 0) is 37.6 Å².